The average molecular weight is 307 g/mol. The molecular formula is C9H22O4Si4. The van der Waals surface area contributed by atoms with Gasteiger partial charge in [0, 0.05) is 0 Å². The lowest BCUT2D eigenvalue weighted by Gasteiger charge is -2.43. The van der Waals surface area contributed by atoms with Gasteiger partial charge in [0.2, 0.25) is 0 Å². The van der Waals surface area contributed by atoms with Gasteiger partial charge in [-0.2, -0.15) is 0 Å². The normalized spacial score (nSPS) is 42.3. The van der Waals surface area contributed by atoms with Gasteiger partial charge in [-0.15, -0.1) is 13.2 Å². The van der Waals surface area contributed by atoms with Crippen molar-refractivity contribution in [3.8, 4) is 0 Å². The van der Waals surface area contributed by atoms with Crippen LogP contribution >= 0.6 is 0 Å². The van der Waals surface area contributed by atoms with Crippen LogP contribution in [-0.2, 0) is 16.5 Å². The van der Waals surface area contributed by atoms with E-state index in [2.05, 4.69) is 13.2 Å². The Morgan fingerprint density at radius 2 is 1.24 bits per heavy atom. The van der Waals surface area contributed by atoms with Crippen molar-refractivity contribution in [1.29, 1.82) is 0 Å². The summed E-state index contributed by atoms with van der Waals surface area (Å²) in [5, 5.41) is 0. The van der Waals surface area contributed by atoms with Gasteiger partial charge >= 0.3 is 35.0 Å². The number of rotatable bonds is 2. The first-order valence-electron chi connectivity index (χ1n) is 5.67. The molecule has 0 aliphatic carbocycles. The van der Waals surface area contributed by atoms with E-state index >= 15 is 0 Å². The summed E-state index contributed by atoms with van der Waals surface area (Å²) >= 11 is 0. The topological polar surface area (TPSA) is 36.9 Å². The van der Waals surface area contributed by atoms with Gasteiger partial charge < -0.3 is 16.5 Å². The van der Waals surface area contributed by atoms with Crippen LogP contribution in [-0.4, -0.2) is 35.0 Å². The quantitative estimate of drug-likeness (QED) is 0.733. The first-order valence-corrected chi connectivity index (χ1v) is 15.4. The van der Waals surface area contributed by atoms with E-state index < -0.39 is 35.0 Å². The van der Waals surface area contributed by atoms with E-state index in [-0.39, 0.29) is 0 Å². The Bertz CT molecular complexity index is 296. The highest BCUT2D eigenvalue weighted by Gasteiger charge is 2.48. The van der Waals surface area contributed by atoms with Crippen molar-refractivity contribution >= 4 is 35.0 Å². The van der Waals surface area contributed by atoms with Gasteiger partial charge in [0.05, 0.1) is 0 Å². The van der Waals surface area contributed by atoms with Crippen LogP contribution in [0.3, 0.4) is 0 Å². The van der Waals surface area contributed by atoms with Crippen LogP contribution in [0.1, 0.15) is 0 Å². The molecule has 0 aromatic carbocycles. The molecule has 0 aromatic rings. The van der Waals surface area contributed by atoms with Crippen molar-refractivity contribution in [3.63, 3.8) is 0 Å². The second-order valence-electron chi connectivity index (χ2n) is 4.85. The lowest BCUT2D eigenvalue weighted by molar-refractivity contribution is 0.258. The molecule has 2 unspecified atom stereocenters. The number of hydrogen-bond donors (Lipinski definition) is 0. The first-order chi connectivity index (χ1) is 7.64. The SMILES string of the molecule is C=C[Si]1(C)O[SiH](C)O[Si](C)(C=C)O[Si](C)(C)O1. The van der Waals surface area contributed by atoms with Gasteiger partial charge in [-0.05, 0) is 32.7 Å². The molecular weight excluding hydrogens is 284 g/mol. The monoisotopic (exact) mass is 306 g/mol. The average Bonchev–Trinajstić information content (AvgIpc) is 2.13. The largest absolute Gasteiger partial charge is 0.415 e. The van der Waals surface area contributed by atoms with Gasteiger partial charge in [0.25, 0.3) is 0 Å². The molecule has 98 valence electrons. The molecule has 0 bridgehead atoms. The Morgan fingerprint density at radius 3 is 1.53 bits per heavy atom. The Kier molecular flexibility index (Phi) is 4.53. The smallest absolute Gasteiger partial charge is 0.343 e. The summed E-state index contributed by atoms with van der Waals surface area (Å²) in [6.45, 7) is 17.6. The summed E-state index contributed by atoms with van der Waals surface area (Å²) in [7, 11) is -8.70. The molecule has 0 radical (unpaired) electrons. The standard InChI is InChI=1S/C9H22O4Si4/c1-8-16(6)10-14(3)11-17(7,9-2)13-15(4,5)12-16/h8-9,14H,1-2H2,3-7H3. The highest BCUT2D eigenvalue weighted by molar-refractivity contribution is 6.92. The highest BCUT2D eigenvalue weighted by Crippen LogP contribution is 2.27. The molecule has 0 aromatic heterocycles. The van der Waals surface area contributed by atoms with Crippen molar-refractivity contribution in [3.05, 3.63) is 24.6 Å². The summed E-state index contributed by atoms with van der Waals surface area (Å²) in [6, 6.07) is 0. The second kappa shape index (κ2) is 5.05. The molecule has 8 heteroatoms. The highest BCUT2D eigenvalue weighted by atomic mass is 28.5. The lowest BCUT2D eigenvalue weighted by Crippen LogP contribution is -2.61. The van der Waals surface area contributed by atoms with Crippen LogP contribution in [0.2, 0.25) is 32.7 Å². The number of hydrogen-bond acceptors (Lipinski definition) is 4. The van der Waals surface area contributed by atoms with E-state index in [0.29, 0.717) is 0 Å². The van der Waals surface area contributed by atoms with Gasteiger partial charge in [-0.25, -0.2) is 0 Å². The van der Waals surface area contributed by atoms with Crippen LogP contribution in [0.4, 0.5) is 0 Å². The molecule has 1 aliphatic rings. The maximum Gasteiger partial charge on any atom is 0.343 e. The van der Waals surface area contributed by atoms with Crippen molar-refractivity contribution in [2.45, 2.75) is 32.7 Å². The zero-order chi connectivity index (χ0) is 13.3. The fraction of sp³-hybridized carbons (Fsp3) is 0.556. The molecule has 4 nitrogen and oxygen atoms in total. The van der Waals surface area contributed by atoms with Gasteiger partial charge in [0.15, 0.2) is 0 Å². The Labute approximate surface area is 109 Å². The molecule has 1 fully saturated rings. The van der Waals surface area contributed by atoms with E-state index in [9.17, 15) is 0 Å². The maximum atomic E-state index is 6.14. The summed E-state index contributed by atoms with van der Waals surface area (Å²) in [4.78, 5) is 0. The predicted octanol–water partition coefficient (Wildman–Crippen LogP) is 2.21. The molecule has 2 atom stereocenters. The van der Waals surface area contributed by atoms with Gasteiger partial charge in [0.1, 0.15) is 0 Å². The molecule has 0 spiro atoms. The molecule has 0 N–H and O–H groups in total. The minimum atomic E-state index is -2.34. The van der Waals surface area contributed by atoms with E-state index in [1.165, 1.54) is 0 Å². The van der Waals surface area contributed by atoms with Crippen molar-refractivity contribution < 1.29 is 16.5 Å². The fourth-order valence-corrected chi connectivity index (χ4v) is 18.8. The summed E-state index contributed by atoms with van der Waals surface area (Å²) in [5.74, 6) is 0. The fourth-order valence-electron chi connectivity index (χ4n) is 1.91. The molecule has 1 aliphatic heterocycles. The lowest BCUT2D eigenvalue weighted by atomic mass is 11.3. The molecule has 1 saturated heterocycles. The van der Waals surface area contributed by atoms with Crippen LogP contribution in [0.5, 0.6) is 0 Å². The third-order valence-corrected chi connectivity index (χ3v) is 17.5. The van der Waals surface area contributed by atoms with Crippen molar-refractivity contribution in [1.82, 2.24) is 0 Å². The molecule has 17 heavy (non-hydrogen) atoms. The maximum absolute atomic E-state index is 6.14. The van der Waals surface area contributed by atoms with Crippen molar-refractivity contribution in [2.24, 2.45) is 0 Å². The van der Waals surface area contributed by atoms with Crippen LogP contribution in [0.25, 0.3) is 0 Å². The summed E-state index contributed by atoms with van der Waals surface area (Å²) in [5.41, 5.74) is 3.60. The van der Waals surface area contributed by atoms with E-state index in [0.717, 1.165) is 0 Å². The third-order valence-electron chi connectivity index (χ3n) is 2.44. The Balaban J connectivity index is 3.01. The second-order valence-corrected chi connectivity index (χ2v) is 17.2. The predicted molar refractivity (Wildman–Crippen MR) is 78.5 cm³/mol. The molecule has 1 rings (SSSR count). The first kappa shape index (κ1) is 15.2. The van der Waals surface area contributed by atoms with Crippen LogP contribution < -0.4 is 0 Å². The zero-order valence-electron chi connectivity index (χ0n) is 11.3. The van der Waals surface area contributed by atoms with Crippen LogP contribution in [0, 0.1) is 0 Å². The van der Waals surface area contributed by atoms with E-state index in [1.807, 2.05) is 32.7 Å². The van der Waals surface area contributed by atoms with Crippen LogP contribution in [0.15, 0.2) is 24.6 Å². The zero-order valence-corrected chi connectivity index (χ0v) is 15.4. The van der Waals surface area contributed by atoms with E-state index in [4.69, 9.17) is 16.5 Å². The van der Waals surface area contributed by atoms with Gasteiger partial charge in [-0.1, -0.05) is 11.4 Å². The Hall–Kier alpha value is 0.188. The molecule has 0 saturated carbocycles. The molecule has 1 heterocycles. The van der Waals surface area contributed by atoms with Gasteiger partial charge in [-0.3, -0.25) is 0 Å². The minimum Gasteiger partial charge on any atom is -0.415 e. The summed E-state index contributed by atoms with van der Waals surface area (Å²) in [6.07, 6.45) is 0. The third kappa shape index (κ3) is 4.10. The summed E-state index contributed by atoms with van der Waals surface area (Å²) < 4.78 is 24.3. The minimum absolute atomic E-state index is 1.76. The Morgan fingerprint density at radius 1 is 0.882 bits per heavy atom. The van der Waals surface area contributed by atoms with E-state index in [1.54, 1.807) is 11.4 Å². The molecule has 0 amide bonds. The van der Waals surface area contributed by atoms with Crippen molar-refractivity contribution in [2.75, 3.05) is 0 Å².